The minimum atomic E-state index is -0.588. The maximum absolute atomic E-state index is 11.5. The van der Waals surface area contributed by atoms with E-state index in [-0.39, 0.29) is 12.3 Å². The molecule has 1 aromatic carbocycles. The molecule has 0 N–H and O–H groups in total. The summed E-state index contributed by atoms with van der Waals surface area (Å²) in [5, 5.41) is 9.04. The molecule has 0 heterocycles. The Bertz CT molecular complexity index is 457. The molecule has 4 nitrogen and oxygen atoms in total. The van der Waals surface area contributed by atoms with E-state index in [0.717, 1.165) is 10.5 Å². The fourth-order valence-electron chi connectivity index (χ4n) is 1.27. The van der Waals surface area contributed by atoms with Crippen LogP contribution in [-0.4, -0.2) is 12.6 Å². The largest absolute Gasteiger partial charge is 0.461 e. The second-order valence-corrected chi connectivity index (χ2v) is 3.44. The third kappa shape index (κ3) is 3.08. The summed E-state index contributed by atoms with van der Waals surface area (Å²) in [6.45, 7) is 7.47. The highest BCUT2D eigenvalue weighted by atomic mass is 16.5. The molecule has 0 saturated carbocycles. The summed E-state index contributed by atoms with van der Waals surface area (Å²) in [5.41, 5.74) is 1.68. The monoisotopic (exact) mass is 230 g/mol. The van der Waals surface area contributed by atoms with Crippen molar-refractivity contribution < 1.29 is 9.53 Å². The van der Waals surface area contributed by atoms with Crippen molar-refractivity contribution >= 4 is 11.7 Å². The summed E-state index contributed by atoms with van der Waals surface area (Å²) in [6, 6.07) is 7.22. The van der Waals surface area contributed by atoms with Crippen molar-refractivity contribution in [2.45, 2.75) is 13.8 Å². The lowest BCUT2D eigenvalue weighted by atomic mass is 10.2. The van der Waals surface area contributed by atoms with Gasteiger partial charge >= 0.3 is 5.97 Å². The number of benzene rings is 1. The molecule has 0 unspecified atom stereocenters. The molecule has 0 aliphatic carbocycles. The lowest BCUT2D eigenvalue weighted by molar-refractivity contribution is -0.138. The van der Waals surface area contributed by atoms with Crippen LogP contribution in [0.5, 0.6) is 0 Å². The van der Waals surface area contributed by atoms with Crippen LogP contribution in [0.2, 0.25) is 0 Å². The molecule has 0 fully saturated rings. The van der Waals surface area contributed by atoms with Gasteiger partial charge in [0, 0.05) is 0 Å². The van der Waals surface area contributed by atoms with Crippen molar-refractivity contribution in [1.82, 2.24) is 0 Å². The number of rotatable bonds is 4. The lowest BCUT2D eigenvalue weighted by Crippen LogP contribution is -2.23. The first kappa shape index (κ1) is 12.8. The zero-order chi connectivity index (χ0) is 12.8. The Morgan fingerprint density at radius 2 is 2.06 bits per heavy atom. The highest BCUT2D eigenvalue weighted by Gasteiger charge is 2.17. The molecule has 0 aliphatic rings. The third-order valence-electron chi connectivity index (χ3n) is 2.17. The predicted molar refractivity (Wildman–Crippen MR) is 65.0 cm³/mol. The average Bonchev–Trinajstić information content (AvgIpc) is 2.32. The lowest BCUT2D eigenvalue weighted by Gasteiger charge is -2.16. The molecule has 0 amide bonds. The molecule has 0 radical (unpaired) electrons. The highest BCUT2D eigenvalue weighted by Crippen LogP contribution is 2.18. The molecular weight excluding hydrogens is 216 g/mol. The van der Waals surface area contributed by atoms with Crippen molar-refractivity contribution in [2.75, 3.05) is 11.5 Å². The van der Waals surface area contributed by atoms with E-state index in [1.54, 1.807) is 19.1 Å². The van der Waals surface area contributed by atoms with Crippen molar-refractivity contribution in [2.24, 2.45) is 0 Å². The van der Waals surface area contributed by atoms with E-state index in [1.165, 1.54) is 0 Å². The van der Waals surface area contributed by atoms with Crippen LogP contribution in [0.4, 0.5) is 5.69 Å². The Labute approximate surface area is 101 Å². The van der Waals surface area contributed by atoms with Crippen molar-refractivity contribution in [3.63, 3.8) is 0 Å². The number of esters is 1. The first-order valence-corrected chi connectivity index (χ1v) is 5.22. The number of carbonyl (C=O) groups excluding carboxylic acids is 1. The van der Waals surface area contributed by atoms with Gasteiger partial charge in [0.25, 0.3) is 0 Å². The average molecular weight is 230 g/mol. The Morgan fingerprint density at radius 1 is 1.47 bits per heavy atom. The van der Waals surface area contributed by atoms with Gasteiger partial charge < -0.3 is 4.74 Å². The SMILES string of the molecule is C=C(C(=O)OCC)N(C#N)c1ccc(C)cc1. The Morgan fingerprint density at radius 3 is 2.53 bits per heavy atom. The molecule has 0 bridgehead atoms. The minimum Gasteiger partial charge on any atom is -0.461 e. The van der Waals surface area contributed by atoms with Crippen LogP contribution < -0.4 is 4.90 Å². The fraction of sp³-hybridized carbons (Fsp3) is 0.231. The highest BCUT2D eigenvalue weighted by molar-refractivity contribution is 5.93. The maximum Gasteiger partial charge on any atom is 0.355 e. The van der Waals surface area contributed by atoms with Crippen molar-refractivity contribution in [3.05, 3.63) is 42.1 Å². The van der Waals surface area contributed by atoms with Gasteiger partial charge in [-0.15, -0.1) is 0 Å². The van der Waals surface area contributed by atoms with E-state index in [4.69, 9.17) is 10.00 Å². The quantitative estimate of drug-likeness (QED) is 0.345. The third-order valence-corrected chi connectivity index (χ3v) is 2.17. The zero-order valence-electron chi connectivity index (χ0n) is 9.93. The van der Waals surface area contributed by atoms with Gasteiger partial charge in [0.15, 0.2) is 6.19 Å². The summed E-state index contributed by atoms with van der Waals surface area (Å²) in [7, 11) is 0. The second-order valence-electron chi connectivity index (χ2n) is 3.44. The summed E-state index contributed by atoms with van der Waals surface area (Å²) in [5.74, 6) is -0.588. The molecule has 17 heavy (non-hydrogen) atoms. The first-order valence-electron chi connectivity index (χ1n) is 5.22. The van der Waals surface area contributed by atoms with Gasteiger partial charge in [-0.05, 0) is 26.0 Å². The smallest absolute Gasteiger partial charge is 0.355 e. The number of ether oxygens (including phenoxy) is 1. The van der Waals surface area contributed by atoms with Crippen LogP contribution in [0.15, 0.2) is 36.5 Å². The molecule has 0 spiro atoms. The molecule has 0 aromatic heterocycles. The molecular formula is C13H14N2O2. The molecule has 0 saturated heterocycles. The topological polar surface area (TPSA) is 53.3 Å². The summed E-state index contributed by atoms with van der Waals surface area (Å²) >= 11 is 0. The van der Waals surface area contributed by atoms with Gasteiger partial charge in [-0.2, -0.15) is 5.26 Å². The molecule has 4 heteroatoms. The Kier molecular flexibility index (Phi) is 4.29. The predicted octanol–water partition coefficient (Wildman–Crippen LogP) is 2.36. The number of nitriles is 1. The van der Waals surface area contributed by atoms with Gasteiger partial charge in [0.1, 0.15) is 5.70 Å². The maximum atomic E-state index is 11.5. The fourth-order valence-corrected chi connectivity index (χ4v) is 1.27. The van der Waals surface area contributed by atoms with E-state index < -0.39 is 5.97 Å². The molecule has 0 atom stereocenters. The summed E-state index contributed by atoms with van der Waals surface area (Å²) < 4.78 is 4.80. The number of aryl methyl sites for hydroxylation is 1. The van der Waals surface area contributed by atoms with Crippen LogP contribution in [0.1, 0.15) is 12.5 Å². The summed E-state index contributed by atoms with van der Waals surface area (Å²) in [4.78, 5) is 12.6. The van der Waals surface area contributed by atoms with Crippen molar-refractivity contribution in [3.8, 4) is 6.19 Å². The number of carbonyl (C=O) groups is 1. The first-order chi connectivity index (χ1) is 8.10. The molecule has 88 valence electrons. The van der Waals surface area contributed by atoms with E-state index >= 15 is 0 Å². The normalized spacial score (nSPS) is 9.24. The van der Waals surface area contributed by atoms with Gasteiger partial charge in [-0.1, -0.05) is 24.3 Å². The van der Waals surface area contributed by atoms with Gasteiger partial charge in [0.2, 0.25) is 0 Å². The zero-order valence-corrected chi connectivity index (χ0v) is 9.93. The van der Waals surface area contributed by atoms with Crippen LogP contribution in [0, 0.1) is 18.4 Å². The number of hydrogen-bond acceptors (Lipinski definition) is 4. The number of hydrogen-bond donors (Lipinski definition) is 0. The van der Waals surface area contributed by atoms with Crippen LogP contribution >= 0.6 is 0 Å². The van der Waals surface area contributed by atoms with Crippen molar-refractivity contribution in [1.29, 1.82) is 5.26 Å². The van der Waals surface area contributed by atoms with Gasteiger partial charge in [0.05, 0.1) is 12.3 Å². The van der Waals surface area contributed by atoms with E-state index in [1.807, 2.05) is 25.2 Å². The summed E-state index contributed by atoms with van der Waals surface area (Å²) in [6.07, 6.45) is 1.91. The Balaban J connectivity index is 2.93. The Hall–Kier alpha value is -2.28. The van der Waals surface area contributed by atoms with Crippen LogP contribution in [0.3, 0.4) is 0 Å². The minimum absolute atomic E-state index is 0.0122. The second kappa shape index (κ2) is 5.71. The van der Waals surface area contributed by atoms with Crippen LogP contribution in [-0.2, 0) is 9.53 Å². The van der Waals surface area contributed by atoms with Crippen LogP contribution in [0.25, 0.3) is 0 Å². The molecule has 1 rings (SSSR count). The van der Waals surface area contributed by atoms with Gasteiger partial charge in [-0.25, -0.2) is 9.69 Å². The molecule has 1 aromatic rings. The number of anilines is 1. The standard InChI is InChI=1S/C13H14N2O2/c1-4-17-13(16)11(3)15(9-14)12-7-5-10(2)6-8-12/h5-8H,3-4H2,1-2H3. The van der Waals surface area contributed by atoms with Gasteiger partial charge in [-0.3, -0.25) is 0 Å². The van der Waals surface area contributed by atoms with E-state index in [2.05, 4.69) is 6.58 Å². The number of nitrogens with zero attached hydrogens (tertiary/aromatic N) is 2. The molecule has 0 aliphatic heterocycles. The van der Waals surface area contributed by atoms with E-state index in [9.17, 15) is 4.79 Å². The van der Waals surface area contributed by atoms with E-state index in [0.29, 0.717) is 5.69 Å².